The molecule has 0 spiro atoms. The van der Waals surface area contributed by atoms with Gasteiger partial charge in [0, 0.05) is 18.6 Å². The molecule has 0 aliphatic carbocycles. The number of aromatic nitrogens is 3. The first-order chi connectivity index (χ1) is 26.2. The first-order valence-corrected chi connectivity index (χ1v) is 19.1. The summed E-state index contributed by atoms with van der Waals surface area (Å²) < 4.78 is 0. The molecule has 0 aliphatic rings. The summed E-state index contributed by atoms with van der Waals surface area (Å²) in [5, 5.41) is 0. The molecule has 7 rings (SSSR count). The molecule has 0 bridgehead atoms. The van der Waals surface area contributed by atoms with Crippen LogP contribution in [0.15, 0.2) is 152 Å². The fraction of sp³-hybridized carbons (Fsp3) is 0.235. The molecule has 55 heavy (non-hydrogen) atoms. The average molecular weight is 899 g/mol. The summed E-state index contributed by atoms with van der Waals surface area (Å²) in [4.78, 5) is 13.3. The van der Waals surface area contributed by atoms with Crippen LogP contribution < -0.4 is 0 Å². The van der Waals surface area contributed by atoms with E-state index in [2.05, 4.69) is 147 Å². The van der Waals surface area contributed by atoms with E-state index in [1.807, 2.05) is 79.3 Å². The third kappa shape index (κ3) is 14.3. The van der Waals surface area contributed by atoms with Crippen molar-refractivity contribution >= 4 is 0 Å². The number of hydrogen-bond donors (Lipinski definition) is 0. The van der Waals surface area contributed by atoms with Crippen LogP contribution in [-0.4, -0.2) is 15.0 Å². The molecule has 0 N–H and O–H groups in total. The van der Waals surface area contributed by atoms with E-state index in [9.17, 15) is 0 Å². The van der Waals surface area contributed by atoms with Crippen molar-refractivity contribution in [1.29, 1.82) is 0 Å². The van der Waals surface area contributed by atoms with Crippen LogP contribution in [0.2, 0.25) is 0 Å². The van der Waals surface area contributed by atoms with Crippen molar-refractivity contribution in [2.45, 2.75) is 60.8 Å². The number of pyridine rings is 3. The molecule has 4 aromatic carbocycles. The van der Waals surface area contributed by atoms with Crippen molar-refractivity contribution in [3.05, 3.63) is 187 Å². The Balaban J connectivity index is 0.000000185. The Morgan fingerprint density at radius 2 is 0.800 bits per heavy atom. The Morgan fingerprint density at radius 3 is 1.20 bits per heavy atom. The molecule has 7 aromatic rings. The Kier molecular flexibility index (Phi) is 17.4. The summed E-state index contributed by atoms with van der Waals surface area (Å²) in [6, 6.07) is 55.1. The van der Waals surface area contributed by atoms with Crippen LogP contribution in [0.3, 0.4) is 0 Å². The molecule has 0 aliphatic heterocycles. The predicted molar refractivity (Wildman–Crippen MR) is 227 cm³/mol. The molecule has 0 saturated carbocycles. The van der Waals surface area contributed by atoms with Gasteiger partial charge in [-0.2, -0.15) is 0 Å². The second kappa shape index (κ2) is 22.4. The summed E-state index contributed by atoms with van der Waals surface area (Å²) in [5.74, 6) is 2.00. The van der Waals surface area contributed by atoms with E-state index >= 15 is 0 Å². The summed E-state index contributed by atoms with van der Waals surface area (Å²) in [7, 11) is 0. The van der Waals surface area contributed by atoms with Crippen LogP contribution in [0.5, 0.6) is 0 Å². The smallest absolute Gasteiger partial charge is 0.305 e. The maximum Gasteiger partial charge on any atom is 3.00 e. The van der Waals surface area contributed by atoms with Gasteiger partial charge in [-0.3, -0.25) is 0 Å². The molecule has 0 saturated heterocycles. The molecular formula is C51H52IrN3. The van der Waals surface area contributed by atoms with E-state index in [0.717, 1.165) is 53.0 Å². The molecular weight excluding hydrogens is 847 g/mol. The maximum absolute atomic E-state index is 4.52. The van der Waals surface area contributed by atoms with Gasteiger partial charge in [-0.25, -0.2) is 0 Å². The minimum absolute atomic E-state index is 0. The summed E-state index contributed by atoms with van der Waals surface area (Å²) in [5.41, 5.74) is 12.6. The van der Waals surface area contributed by atoms with E-state index in [1.54, 1.807) is 0 Å². The number of nitrogens with zero attached hydrogens (tertiary/aromatic N) is 3. The van der Waals surface area contributed by atoms with Gasteiger partial charge in [0.2, 0.25) is 0 Å². The predicted octanol–water partition coefficient (Wildman–Crippen LogP) is 12.9. The molecule has 3 heterocycles. The molecule has 4 heteroatoms. The number of hydrogen-bond acceptors (Lipinski definition) is 3. The van der Waals surface area contributed by atoms with Gasteiger partial charge in [0.15, 0.2) is 0 Å². The maximum atomic E-state index is 4.52. The quantitative estimate of drug-likeness (QED) is 0.128. The van der Waals surface area contributed by atoms with Crippen molar-refractivity contribution in [3.8, 4) is 44.9 Å². The molecule has 0 amide bonds. The zero-order valence-electron chi connectivity index (χ0n) is 33.0. The van der Waals surface area contributed by atoms with Crippen LogP contribution in [0.4, 0.5) is 0 Å². The fourth-order valence-corrected chi connectivity index (χ4v) is 6.19. The molecule has 0 atom stereocenters. The van der Waals surface area contributed by atoms with Crippen LogP contribution in [0.1, 0.15) is 58.2 Å². The Hall–Kier alpha value is -5.02. The average Bonchev–Trinajstić information content (AvgIpc) is 3.19. The Morgan fingerprint density at radius 1 is 0.400 bits per heavy atom. The Labute approximate surface area is 343 Å². The van der Waals surface area contributed by atoms with Gasteiger partial charge < -0.3 is 15.0 Å². The monoisotopic (exact) mass is 899 g/mol. The van der Waals surface area contributed by atoms with Crippen molar-refractivity contribution < 1.29 is 20.1 Å². The van der Waals surface area contributed by atoms with E-state index in [0.29, 0.717) is 17.8 Å². The van der Waals surface area contributed by atoms with Crippen LogP contribution in [0, 0.1) is 36.0 Å². The topological polar surface area (TPSA) is 38.7 Å². The first kappa shape index (κ1) is 42.7. The van der Waals surface area contributed by atoms with Crippen molar-refractivity contribution in [1.82, 2.24) is 15.0 Å². The molecule has 3 aromatic heterocycles. The van der Waals surface area contributed by atoms with Crippen LogP contribution in [0.25, 0.3) is 44.9 Å². The zero-order valence-corrected chi connectivity index (χ0v) is 35.4. The Bertz CT molecular complexity index is 2040. The van der Waals surface area contributed by atoms with Gasteiger partial charge in [0.05, 0.1) is 0 Å². The first-order valence-electron chi connectivity index (χ1n) is 19.1. The van der Waals surface area contributed by atoms with Gasteiger partial charge in [0.25, 0.3) is 0 Å². The second-order valence-corrected chi connectivity index (χ2v) is 14.9. The molecule has 0 unspecified atom stereocenters. The van der Waals surface area contributed by atoms with E-state index in [-0.39, 0.29) is 20.1 Å². The van der Waals surface area contributed by atoms with Crippen molar-refractivity contribution in [3.63, 3.8) is 0 Å². The van der Waals surface area contributed by atoms with E-state index in [1.165, 1.54) is 27.8 Å². The van der Waals surface area contributed by atoms with Crippen molar-refractivity contribution in [2.24, 2.45) is 17.8 Å². The van der Waals surface area contributed by atoms with Crippen LogP contribution >= 0.6 is 0 Å². The van der Waals surface area contributed by atoms with Gasteiger partial charge >= 0.3 is 20.1 Å². The second-order valence-electron chi connectivity index (χ2n) is 14.9. The summed E-state index contributed by atoms with van der Waals surface area (Å²) in [6.07, 6.45) is 8.94. The normalized spacial score (nSPS) is 10.6. The largest absolute Gasteiger partial charge is 3.00 e. The molecule has 0 radical (unpaired) electrons. The van der Waals surface area contributed by atoms with E-state index in [4.69, 9.17) is 0 Å². The number of benzene rings is 4. The zero-order chi connectivity index (χ0) is 38.1. The molecule has 0 fully saturated rings. The van der Waals surface area contributed by atoms with Gasteiger partial charge in [0.1, 0.15) is 0 Å². The van der Waals surface area contributed by atoms with Gasteiger partial charge in [-0.15, -0.1) is 107 Å². The fourth-order valence-electron chi connectivity index (χ4n) is 6.19. The minimum atomic E-state index is 0. The third-order valence-electron chi connectivity index (χ3n) is 8.56. The van der Waals surface area contributed by atoms with Crippen LogP contribution in [-0.2, 0) is 39.4 Å². The third-order valence-corrected chi connectivity index (χ3v) is 8.56. The van der Waals surface area contributed by atoms with E-state index < -0.39 is 0 Å². The standard InChI is InChI=1S/C21H20N.2C15H16N.Ir/c1-16(2)13-17-11-12-22-21(14-17)20-10-6-9-19(15-20)18-7-4-3-5-8-18;2*1-12(2)10-13-8-9-16-15(11-13)14-6-4-3-5-7-14;/h3-9,11-12,14-16H,13H2,1-2H3;2*3-6,8-9,11-12H,10H2,1-2H3;/q3*-1;+3. The van der Waals surface area contributed by atoms with Crippen molar-refractivity contribution in [2.75, 3.05) is 0 Å². The number of rotatable bonds is 10. The van der Waals surface area contributed by atoms with Gasteiger partial charge in [-0.1, -0.05) is 107 Å². The SMILES string of the molecule is CC(C)Cc1ccnc(-c2[c-]ccc(-c3ccccc3)c2)c1.CC(C)Cc1ccnc(-c2[c-]cccc2)c1.CC(C)Cc1ccnc(-c2[c-]cccc2)c1.[Ir+3]. The molecule has 3 nitrogen and oxygen atoms in total. The minimum Gasteiger partial charge on any atom is -0.305 e. The van der Waals surface area contributed by atoms with Gasteiger partial charge in [-0.05, 0) is 77.9 Å². The summed E-state index contributed by atoms with van der Waals surface area (Å²) in [6.45, 7) is 13.4. The molecule has 280 valence electrons. The summed E-state index contributed by atoms with van der Waals surface area (Å²) >= 11 is 0.